The van der Waals surface area contributed by atoms with E-state index in [4.69, 9.17) is 11.6 Å². The molecule has 1 aromatic rings. The zero-order valence-corrected chi connectivity index (χ0v) is 14.8. The molecule has 0 saturated heterocycles. The van der Waals surface area contributed by atoms with E-state index in [1.54, 1.807) is 17.3 Å². The highest BCUT2D eigenvalue weighted by atomic mass is 35.5. The van der Waals surface area contributed by atoms with E-state index in [1.807, 2.05) is 24.3 Å². The maximum absolute atomic E-state index is 5.88. The molecular formula is C19H25ClS. The van der Waals surface area contributed by atoms with Crippen LogP contribution in [-0.4, -0.2) is 0 Å². The van der Waals surface area contributed by atoms with Crippen LogP contribution in [0.5, 0.6) is 0 Å². The van der Waals surface area contributed by atoms with Crippen LogP contribution in [0.15, 0.2) is 40.7 Å². The third-order valence-electron chi connectivity index (χ3n) is 4.30. The topological polar surface area (TPSA) is 0 Å². The molecule has 0 heterocycles. The number of benzene rings is 1. The van der Waals surface area contributed by atoms with Gasteiger partial charge in [0.25, 0.3) is 0 Å². The zero-order valence-electron chi connectivity index (χ0n) is 13.2. The Morgan fingerprint density at radius 1 is 1.10 bits per heavy atom. The van der Waals surface area contributed by atoms with Gasteiger partial charge in [0.05, 0.1) is 0 Å². The SMILES string of the molecule is CC(C)(C)C1CCC(=CSC=Cc2ccc(Cl)cc2)CC1. The summed E-state index contributed by atoms with van der Waals surface area (Å²) in [6, 6.07) is 7.94. The highest BCUT2D eigenvalue weighted by Crippen LogP contribution is 2.40. The fraction of sp³-hybridized carbons (Fsp3) is 0.474. The third kappa shape index (κ3) is 5.56. The molecule has 0 unspecified atom stereocenters. The lowest BCUT2D eigenvalue weighted by Crippen LogP contribution is -2.23. The van der Waals surface area contributed by atoms with Gasteiger partial charge in [-0.3, -0.25) is 0 Å². The summed E-state index contributed by atoms with van der Waals surface area (Å²) < 4.78 is 0. The number of allylic oxidation sites excluding steroid dienone is 1. The summed E-state index contributed by atoms with van der Waals surface area (Å²) in [6.07, 6.45) is 7.36. The molecule has 0 bridgehead atoms. The van der Waals surface area contributed by atoms with E-state index in [9.17, 15) is 0 Å². The molecule has 0 N–H and O–H groups in total. The summed E-state index contributed by atoms with van der Waals surface area (Å²) in [5.41, 5.74) is 3.27. The van der Waals surface area contributed by atoms with Crippen LogP contribution < -0.4 is 0 Å². The molecule has 0 amide bonds. The van der Waals surface area contributed by atoms with Crippen molar-refractivity contribution in [1.29, 1.82) is 0 Å². The van der Waals surface area contributed by atoms with Crippen LogP contribution in [0, 0.1) is 11.3 Å². The molecule has 1 aliphatic carbocycles. The third-order valence-corrected chi connectivity index (χ3v) is 5.31. The monoisotopic (exact) mass is 320 g/mol. The Morgan fingerprint density at radius 3 is 2.29 bits per heavy atom. The van der Waals surface area contributed by atoms with Crippen molar-refractivity contribution in [3.05, 3.63) is 51.2 Å². The zero-order chi connectivity index (χ0) is 15.3. The molecule has 2 heteroatoms. The predicted octanol–water partition coefficient (Wildman–Crippen LogP) is 7.16. The van der Waals surface area contributed by atoms with Gasteiger partial charge in [0, 0.05) is 5.02 Å². The standard InChI is InChI=1S/C19H25ClS/c1-19(2,3)17-8-4-16(5-9-17)14-21-13-12-15-6-10-18(20)11-7-15/h6-7,10-14,17H,4-5,8-9H2,1-3H3. The molecule has 1 aromatic carbocycles. The van der Waals surface area contributed by atoms with Crippen LogP contribution >= 0.6 is 23.4 Å². The molecule has 0 atom stereocenters. The molecule has 114 valence electrons. The van der Waals surface area contributed by atoms with Crippen molar-refractivity contribution in [1.82, 2.24) is 0 Å². The van der Waals surface area contributed by atoms with Gasteiger partial charge < -0.3 is 0 Å². The van der Waals surface area contributed by atoms with E-state index in [0.29, 0.717) is 5.41 Å². The minimum atomic E-state index is 0.465. The Labute approximate surface area is 138 Å². The van der Waals surface area contributed by atoms with Crippen molar-refractivity contribution in [2.45, 2.75) is 46.5 Å². The van der Waals surface area contributed by atoms with Crippen LogP contribution in [0.3, 0.4) is 0 Å². The minimum Gasteiger partial charge on any atom is -0.106 e. The molecular weight excluding hydrogens is 296 g/mol. The predicted molar refractivity (Wildman–Crippen MR) is 97.6 cm³/mol. The molecule has 0 aliphatic heterocycles. The van der Waals surface area contributed by atoms with Crippen molar-refractivity contribution in [2.24, 2.45) is 11.3 Å². The van der Waals surface area contributed by atoms with Crippen LogP contribution in [0.2, 0.25) is 5.02 Å². The first-order chi connectivity index (χ1) is 9.95. The molecule has 0 spiro atoms. The largest absolute Gasteiger partial charge is 0.106 e. The summed E-state index contributed by atoms with van der Waals surface area (Å²) in [6.45, 7) is 7.11. The first-order valence-electron chi connectivity index (χ1n) is 7.70. The highest BCUT2D eigenvalue weighted by molar-refractivity contribution is 8.05. The van der Waals surface area contributed by atoms with Gasteiger partial charge in [-0.2, -0.15) is 0 Å². The van der Waals surface area contributed by atoms with Crippen LogP contribution in [0.4, 0.5) is 0 Å². The van der Waals surface area contributed by atoms with Gasteiger partial charge in [0.15, 0.2) is 0 Å². The van der Waals surface area contributed by atoms with Crippen molar-refractivity contribution < 1.29 is 0 Å². The van der Waals surface area contributed by atoms with Crippen molar-refractivity contribution in [3.63, 3.8) is 0 Å². The highest BCUT2D eigenvalue weighted by Gasteiger charge is 2.27. The fourth-order valence-corrected chi connectivity index (χ4v) is 3.67. The maximum Gasteiger partial charge on any atom is 0.0406 e. The van der Waals surface area contributed by atoms with Gasteiger partial charge in [-0.05, 0) is 71.6 Å². The van der Waals surface area contributed by atoms with E-state index >= 15 is 0 Å². The van der Waals surface area contributed by atoms with Gasteiger partial charge in [0.1, 0.15) is 0 Å². The molecule has 1 aliphatic rings. The molecule has 0 radical (unpaired) electrons. The van der Waals surface area contributed by atoms with Crippen molar-refractivity contribution in [3.8, 4) is 0 Å². The average Bonchev–Trinajstić information content (AvgIpc) is 2.45. The Balaban J connectivity index is 1.79. The molecule has 1 saturated carbocycles. The van der Waals surface area contributed by atoms with Crippen molar-refractivity contribution in [2.75, 3.05) is 0 Å². The summed E-state index contributed by atoms with van der Waals surface area (Å²) in [7, 11) is 0. The minimum absolute atomic E-state index is 0.465. The number of rotatable bonds is 3. The molecule has 0 aromatic heterocycles. The summed E-state index contributed by atoms with van der Waals surface area (Å²) >= 11 is 7.67. The Kier molecular flexibility index (Phi) is 6.01. The van der Waals surface area contributed by atoms with Crippen LogP contribution in [0.25, 0.3) is 6.08 Å². The Hall–Kier alpha value is -0.660. The van der Waals surface area contributed by atoms with E-state index in [2.05, 4.69) is 37.7 Å². The second-order valence-corrected chi connectivity index (χ2v) is 8.12. The van der Waals surface area contributed by atoms with E-state index < -0.39 is 0 Å². The second kappa shape index (κ2) is 7.56. The summed E-state index contributed by atoms with van der Waals surface area (Å²) in [5, 5.41) is 5.29. The van der Waals surface area contributed by atoms with E-state index in [0.717, 1.165) is 10.9 Å². The molecule has 0 nitrogen and oxygen atoms in total. The number of thioether (sulfide) groups is 1. The lowest BCUT2D eigenvalue weighted by molar-refractivity contribution is 0.197. The van der Waals surface area contributed by atoms with Gasteiger partial charge in [-0.1, -0.05) is 50.1 Å². The van der Waals surface area contributed by atoms with Crippen LogP contribution in [0.1, 0.15) is 52.0 Å². The lowest BCUT2D eigenvalue weighted by Gasteiger charge is -2.34. The Morgan fingerprint density at radius 2 is 1.71 bits per heavy atom. The van der Waals surface area contributed by atoms with Gasteiger partial charge in [0.2, 0.25) is 0 Å². The van der Waals surface area contributed by atoms with Gasteiger partial charge in [-0.15, -0.1) is 11.8 Å². The summed E-state index contributed by atoms with van der Waals surface area (Å²) in [4.78, 5) is 0. The van der Waals surface area contributed by atoms with Gasteiger partial charge in [-0.25, -0.2) is 0 Å². The smallest absolute Gasteiger partial charge is 0.0406 e. The van der Waals surface area contributed by atoms with E-state index in [1.165, 1.54) is 31.2 Å². The van der Waals surface area contributed by atoms with Crippen LogP contribution in [-0.2, 0) is 0 Å². The maximum atomic E-state index is 5.88. The summed E-state index contributed by atoms with van der Waals surface area (Å²) in [5.74, 6) is 0.879. The second-order valence-electron chi connectivity index (χ2n) is 6.91. The number of hydrogen-bond acceptors (Lipinski definition) is 1. The fourth-order valence-electron chi connectivity index (χ4n) is 2.80. The first kappa shape index (κ1) is 16.7. The average molecular weight is 321 g/mol. The number of hydrogen-bond donors (Lipinski definition) is 0. The Bertz CT molecular complexity index is 495. The molecule has 21 heavy (non-hydrogen) atoms. The molecule has 2 rings (SSSR count). The lowest BCUT2D eigenvalue weighted by atomic mass is 9.71. The quantitative estimate of drug-likeness (QED) is 0.569. The molecule has 1 fully saturated rings. The number of halogens is 1. The van der Waals surface area contributed by atoms with E-state index in [-0.39, 0.29) is 0 Å². The first-order valence-corrected chi connectivity index (χ1v) is 9.03. The van der Waals surface area contributed by atoms with Crippen molar-refractivity contribution >= 4 is 29.4 Å². The van der Waals surface area contributed by atoms with Gasteiger partial charge >= 0.3 is 0 Å². The normalized spacial score (nSPS) is 20.0.